The van der Waals surface area contributed by atoms with Crippen molar-refractivity contribution in [3.63, 3.8) is 0 Å². The van der Waals surface area contributed by atoms with Crippen LogP contribution in [-0.4, -0.2) is 25.5 Å². The van der Waals surface area contributed by atoms with Crippen molar-refractivity contribution in [3.05, 3.63) is 75.8 Å². The van der Waals surface area contributed by atoms with Crippen LogP contribution in [0.5, 0.6) is 0 Å². The quantitative estimate of drug-likeness (QED) is 0.581. The second-order valence-electron chi connectivity index (χ2n) is 5.80. The number of thiophene rings is 1. The molecule has 0 saturated heterocycles. The second kappa shape index (κ2) is 6.57. The minimum Gasteiger partial charge on any atom is -0.344 e. The van der Waals surface area contributed by atoms with Gasteiger partial charge in [0.1, 0.15) is 0 Å². The van der Waals surface area contributed by atoms with E-state index in [1.807, 2.05) is 23.6 Å². The fourth-order valence-corrected chi connectivity index (χ4v) is 3.33. The number of rotatable bonds is 4. The zero-order chi connectivity index (χ0) is 18.1. The summed E-state index contributed by atoms with van der Waals surface area (Å²) in [6.07, 6.45) is 3.10. The van der Waals surface area contributed by atoms with Gasteiger partial charge in [0.15, 0.2) is 5.65 Å². The Kier molecular flexibility index (Phi) is 4.10. The van der Waals surface area contributed by atoms with E-state index in [0.717, 1.165) is 10.6 Å². The molecule has 0 fully saturated rings. The van der Waals surface area contributed by atoms with E-state index in [1.54, 1.807) is 36.6 Å². The summed E-state index contributed by atoms with van der Waals surface area (Å²) < 4.78 is 1.40. The summed E-state index contributed by atoms with van der Waals surface area (Å²) in [4.78, 5) is 34.2. The number of fused-ring (bicyclic) bond motifs is 1. The van der Waals surface area contributed by atoms with Crippen LogP contribution in [-0.2, 0) is 0 Å². The summed E-state index contributed by atoms with van der Waals surface area (Å²) in [5.74, 6) is -0.263. The molecule has 130 valence electrons. The number of carbonyl (C=O) groups excluding carboxylic acids is 1. The van der Waals surface area contributed by atoms with Crippen LogP contribution in [0.15, 0.2) is 59.0 Å². The normalized spacial score (nSPS) is 12.2. The van der Waals surface area contributed by atoms with Crippen molar-refractivity contribution in [1.29, 1.82) is 0 Å². The number of aromatic amines is 1. The average molecular weight is 365 g/mol. The van der Waals surface area contributed by atoms with Crippen LogP contribution in [0.4, 0.5) is 0 Å². The largest absolute Gasteiger partial charge is 0.344 e. The molecule has 26 heavy (non-hydrogen) atoms. The lowest BCUT2D eigenvalue weighted by Gasteiger charge is -2.13. The van der Waals surface area contributed by atoms with E-state index in [1.165, 1.54) is 16.8 Å². The van der Waals surface area contributed by atoms with Gasteiger partial charge in [0.2, 0.25) is 0 Å². The molecule has 4 heterocycles. The van der Waals surface area contributed by atoms with Crippen LogP contribution in [0, 0.1) is 0 Å². The van der Waals surface area contributed by atoms with Gasteiger partial charge in [0, 0.05) is 24.5 Å². The number of hydrogen-bond acceptors (Lipinski definition) is 5. The predicted molar refractivity (Wildman–Crippen MR) is 99.2 cm³/mol. The molecule has 0 spiro atoms. The third kappa shape index (κ3) is 3.02. The first-order chi connectivity index (χ1) is 12.6. The summed E-state index contributed by atoms with van der Waals surface area (Å²) in [5, 5.41) is 7.87. The van der Waals surface area contributed by atoms with Crippen molar-refractivity contribution in [2.75, 3.05) is 0 Å². The van der Waals surface area contributed by atoms with E-state index in [4.69, 9.17) is 0 Å². The van der Waals surface area contributed by atoms with E-state index in [9.17, 15) is 9.59 Å². The van der Waals surface area contributed by atoms with Crippen LogP contribution in [0.25, 0.3) is 16.2 Å². The molecule has 4 rings (SSSR count). The van der Waals surface area contributed by atoms with E-state index >= 15 is 0 Å². The van der Waals surface area contributed by atoms with Gasteiger partial charge in [-0.15, -0.1) is 11.3 Å². The lowest BCUT2D eigenvalue weighted by atomic mass is 10.2. The molecule has 0 saturated carbocycles. The van der Waals surface area contributed by atoms with Gasteiger partial charge in [0.05, 0.1) is 27.9 Å². The third-order valence-corrected chi connectivity index (χ3v) is 4.87. The molecule has 8 heteroatoms. The van der Waals surface area contributed by atoms with Crippen molar-refractivity contribution < 1.29 is 4.79 Å². The topological polar surface area (TPSA) is 92.1 Å². The highest BCUT2D eigenvalue weighted by Crippen LogP contribution is 2.23. The predicted octanol–water partition coefficient (Wildman–Crippen LogP) is 2.64. The first-order valence-corrected chi connectivity index (χ1v) is 8.87. The Labute approximate surface area is 152 Å². The Bertz CT molecular complexity index is 1120. The van der Waals surface area contributed by atoms with Crippen LogP contribution in [0.2, 0.25) is 0 Å². The van der Waals surface area contributed by atoms with Gasteiger partial charge in [-0.1, -0.05) is 6.07 Å². The molecule has 0 unspecified atom stereocenters. The molecule has 0 aliphatic carbocycles. The van der Waals surface area contributed by atoms with Crippen LogP contribution in [0.3, 0.4) is 0 Å². The van der Waals surface area contributed by atoms with Gasteiger partial charge in [0.25, 0.3) is 11.5 Å². The third-order valence-electron chi connectivity index (χ3n) is 3.97. The summed E-state index contributed by atoms with van der Waals surface area (Å²) >= 11 is 1.58. The molecule has 4 aromatic heterocycles. The van der Waals surface area contributed by atoms with Gasteiger partial charge in [-0.2, -0.15) is 0 Å². The summed E-state index contributed by atoms with van der Waals surface area (Å²) in [6.45, 7) is 1.79. The number of pyridine rings is 1. The first kappa shape index (κ1) is 16.2. The Morgan fingerprint density at radius 1 is 1.31 bits per heavy atom. The lowest BCUT2D eigenvalue weighted by Crippen LogP contribution is -2.29. The van der Waals surface area contributed by atoms with E-state index in [0.29, 0.717) is 16.9 Å². The molecular weight excluding hydrogens is 350 g/mol. The molecule has 0 bridgehead atoms. The Morgan fingerprint density at radius 2 is 2.19 bits per heavy atom. The van der Waals surface area contributed by atoms with E-state index in [2.05, 4.69) is 20.4 Å². The van der Waals surface area contributed by atoms with Crippen LogP contribution in [0.1, 0.15) is 29.0 Å². The summed E-state index contributed by atoms with van der Waals surface area (Å²) in [7, 11) is 0. The monoisotopic (exact) mass is 365 g/mol. The fourth-order valence-electron chi connectivity index (χ4n) is 2.64. The first-order valence-electron chi connectivity index (χ1n) is 7.99. The average Bonchev–Trinajstić information content (AvgIpc) is 3.31. The van der Waals surface area contributed by atoms with Crippen molar-refractivity contribution in [2.45, 2.75) is 13.0 Å². The van der Waals surface area contributed by atoms with Crippen LogP contribution < -0.4 is 10.9 Å². The Hall–Kier alpha value is -3.26. The zero-order valence-corrected chi connectivity index (χ0v) is 14.7. The van der Waals surface area contributed by atoms with Crippen LogP contribution >= 0.6 is 11.3 Å². The lowest BCUT2D eigenvalue weighted by molar-refractivity contribution is 0.0938. The zero-order valence-electron chi connectivity index (χ0n) is 13.8. The van der Waals surface area contributed by atoms with E-state index in [-0.39, 0.29) is 11.5 Å². The maximum absolute atomic E-state index is 12.4. The molecule has 1 amide bonds. The molecule has 1 atom stereocenters. The number of amides is 1. The molecule has 7 nitrogen and oxygen atoms in total. The molecule has 0 aliphatic heterocycles. The molecule has 0 radical (unpaired) electrons. The van der Waals surface area contributed by atoms with Gasteiger partial charge in [-0.05, 0) is 30.5 Å². The second-order valence-corrected chi connectivity index (χ2v) is 6.74. The maximum Gasteiger partial charge on any atom is 0.272 e. The van der Waals surface area contributed by atoms with Gasteiger partial charge in [-0.25, -0.2) is 9.50 Å². The standard InChI is InChI=1S/C18H15N5O2S/c1-11(20-18(25)12-4-2-6-19-10-12)13-9-17(24)23-16(21-13)8-14(22-23)15-5-3-7-26-15/h2-11,22H,1H3,(H,20,25)/t11-/m0/s1. The van der Waals surface area contributed by atoms with Gasteiger partial charge in [-0.3, -0.25) is 19.7 Å². The maximum atomic E-state index is 12.4. The molecule has 0 aromatic carbocycles. The highest BCUT2D eigenvalue weighted by molar-refractivity contribution is 7.13. The number of nitrogens with zero attached hydrogens (tertiary/aromatic N) is 3. The fraction of sp³-hybridized carbons (Fsp3) is 0.111. The SMILES string of the molecule is C[C@H](NC(=O)c1cccnc1)c1cc(=O)n2[nH]c(-c3cccs3)cc2n1. The van der Waals surface area contributed by atoms with Crippen molar-refractivity contribution in [3.8, 4) is 10.6 Å². The minimum atomic E-state index is -0.416. The molecular formula is C18H15N5O2S. The number of nitrogens with one attached hydrogen (secondary N) is 2. The Morgan fingerprint density at radius 3 is 2.92 bits per heavy atom. The van der Waals surface area contributed by atoms with Crippen molar-refractivity contribution >= 4 is 22.9 Å². The van der Waals surface area contributed by atoms with Crippen molar-refractivity contribution in [1.82, 2.24) is 24.9 Å². The number of aromatic nitrogens is 4. The molecule has 2 N–H and O–H groups in total. The number of H-pyrrole nitrogens is 1. The Balaban J connectivity index is 1.64. The molecule has 0 aliphatic rings. The minimum absolute atomic E-state index is 0.227. The number of hydrogen-bond donors (Lipinski definition) is 2. The summed E-state index contributed by atoms with van der Waals surface area (Å²) in [5.41, 5.74) is 2.07. The van der Waals surface area contributed by atoms with Crippen molar-refractivity contribution in [2.24, 2.45) is 0 Å². The highest BCUT2D eigenvalue weighted by atomic mass is 32.1. The summed E-state index contributed by atoms with van der Waals surface area (Å²) in [6, 6.07) is 10.1. The van der Waals surface area contributed by atoms with Gasteiger partial charge < -0.3 is 5.32 Å². The molecule has 4 aromatic rings. The smallest absolute Gasteiger partial charge is 0.272 e. The van der Waals surface area contributed by atoms with Gasteiger partial charge >= 0.3 is 0 Å². The number of carbonyl (C=O) groups is 1. The van der Waals surface area contributed by atoms with E-state index < -0.39 is 6.04 Å². The highest BCUT2D eigenvalue weighted by Gasteiger charge is 2.15.